The first kappa shape index (κ1) is 30.7. The zero-order chi connectivity index (χ0) is 32.6. The summed E-state index contributed by atoms with van der Waals surface area (Å²) in [5.74, 6) is -1.23. The smallest absolute Gasteiger partial charge is 0.352 e. The van der Waals surface area contributed by atoms with Gasteiger partial charge in [0.05, 0.1) is 29.0 Å². The van der Waals surface area contributed by atoms with E-state index in [0.717, 1.165) is 11.1 Å². The van der Waals surface area contributed by atoms with Gasteiger partial charge in [-0.2, -0.15) is 0 Å². The molecule has 2 aromatic carbocycles. The maximum atomic E-state index is 13.7. The Hall–Kier alpha value is -5.36. The third-order valence-electron chi connectivity index (χ3n) is 7.71. The van der Waals surface area contributed by atoms with Crippen LogP contribution < -0.4 is 16.0 Å². The van der Waals surface area contributed by atoms with E-state index in [4.69, 9.17) is 29.8 Å². The van der Waals surface area contributed by atoms with Crippen molar-refractivity contribution in [1.29, 1.82) is 0 Å². The van der Waals surface area contributed by atoms with Crippen LogP contribution in [-0.4, -0.2) is 45.8 Å². The second-order valence-corrected chi connectivity index (χ2v) is 12.1. The third-order valence-corrected chi connectivity index (χ3v) is 7.71. The maximum absolute atomic E-state index is 13.7. The fourth-order valence-corrected chi connectivity index (χ4v) is 5.59. The number of fused-ring (bicyclic) bond motifs is 5. The number of aromatic nitrogens is 2. The van der Waals surface area contributed by atoms with Crippen LogP contribution in [0.2, 0.25) is 0 Å². The summed E-state index contributed by atoms with van der Waals surface area (Å²) in [6, 6.07) is 15.1. The Morgan fingerprint density at radius 3 is 2.70 bits per heavy atom. The summed E-state index contributed by atoms with van der Waals surface area (Å²) in [4.78, 5) is 61.2. The van der Waals surface area contributed by atoms with Gasteiger partial charge in [0.2, 0.25) is 6.10 Å². The molecule has 0 spiro atoms. The molecular formula is C34H32N4O8. The predicted molar refractivity (Wildman–Crippen MR) is 167 cm³/mol. The summed E-state index contributed by atoms with van der Waals surface area (Å²) in [5, 5.41) is 4.77. The van der Waals surface area contributed by atoms with Crippen LogP contribution in [0.4, 0.5) is 0 Å². The molecule has 2 N–H and O–H groups in total. The van der Waals surface area contributed by atoms with Crippen LogP contribution in [0.1, 0.15) is 54.7 Å². The Balaban J connectivity index is 1.35. The van der Waals surface area contributed by atoms with Gasteiger partial charge < -0.3 is 29.3 Å². The zero-order valence-corrected chi connectivity index (χ0v) is 25.5. The lowest BCUT2D eigenvalue weighted by molar-refractivity contribution is -0.172. The number of nitrogens with two attached hydrogens (primary N) is 1. The summed E-state index contributed by atoms with van der Waals surface area (Å²) >= 11 is 0. The molecule has 2 aliphatic heterocycles. The van der Waals surface area contributed by atoms with Crippen molar-refractivity contribution in [3.05, 3.63) is 92.8 Å². The minimum absolute atomic E-state index is 0.208. The number of pyridine rings is 2. The second kappa shape index (κ2) is 12.2. The first-order valence-electron chi connectivity index (χ1n) is 14.7. The largest absolute Gasteiger partial charge is 0.458 e. The molecule has 0 aliphatic carbocycles. The number of hydrogen-bond acceptors (Lipinski definition) is 11. The predicted octanol–water partition coefficient (Wildman–Crippen LogP) is 3.51. The molecule has 0 bridgehead atoms. The Bertz CT molecular complexity index is 1950. The number of carbonyl (C=O) groups excluding carboxylic acids is 3. The summed E-state index contributed by atoms with van der Waals surface area (Å²) in [5.41, 5.74) is 9.57. The zero-order valence-electron chi connectivity index (χ0n) is 25.5. The van der Waals surface area contributed by atoms with Crippen LogP contribution in [0.5, 0.6) is 5.75 Å². The fourth-order valence-electron chi connectivity index (χ4n) is 5.59. The van der Waals surface area contributed by atoms with E-state index >= 15 is 0 Å². The summed E-state index contributed by atoms with van der Waals surface area (Å²) in [7, 11) is 0. The Kier molecular flexibility index (Phi) is 8.13. The number of hydrogen-bond donors (Lipinski definition) is 1. The van der Waals surface area contributed by atoms with Gasteiger partial charge in [0.15, 0.2) is 0 Å². The van der Waals surface area contributed by atoms with Crippen LogP contribution in [0.25, 0.3) is 22.3 Å². The normalized spacial score (nSPS) is 15.9. The molecule has 46 heavy (non-hydrogen) atoms. The molecule has 4 aromatic rings. The quantitative estimate of drug-likeness (QED) is 0.111. The van der Waals surface area contributed by atoms with E-state index in [0.29, 0.717) is 40.1 Å². The third kappa shape index (κ3) is 5.98. The van der Waals surface area contributed by atoms with E-state index in [-0.39, 0.29) is 42.7 Å². The van der Waals surface area contributed by atoms with Gasteiger partial charge in [-0.3, -0.25) is 14.4 Å². The molecule has 0 saturated carbocycles. The van der Waals surface area contributed by atoms with Crippen molar-refractivity contribution in [3.63, 3.8) is 0 Å². The maximum Gasteiger partial charge on any atom is 0.352 e. The first-order valence-corrected chi connectivity index (χ1v) is 14.7. The lowest BCUT2D eigenvalue weighted by atomic mass is 9.99. The molecule has 2 unspecified atom stereocenters. The number of cyclic esters (lactones) is 1. The summed E-state index contributed by atoms with van der Waals surface area (Å²) < 4.78 is 17.7. The molecule has 0 saturated heterocycles. The number of rotatable bonds is 9. The van der Waals surface area contributed by atoms with Gasteiger partial charge in [-0.15, -0.1) is 0 Å². The fraction of sp³-hybridized carbons (Fsp3) is 0.294. The van der Waals surface area contributed by atoms with E-state index in [2.05, 4.69) is 5.16 Å². The van der Waals surface area contributed by atoms with Crippen molar-refractivity contribution in [3.8, 4) is 17.1 Å². The highest BCUT2D eigenvalue weighted by Gasteiger charge is 2.38. The number of ether oxygens (including phenoxy) is 3. The number of nitrogens with zero attached hydrogens (tertiary/aromatic N) is 3. The molecule has 236 valence electrons. The Morgan fingerprint density at radius 2 is 1.96 bits per heavy atom. The van der Waals surface area contributed by atoms with Crippen molar-refractivity contribution in [2.45, 2.75) is 64.5 Å². The molecule has 0 radical (unpaired) electrons. The van der Waals surface area contributed by atoms with Crippen LogP contribution in [0.15, 0.2) is 64.5 Å². The average molecular weight is 625 g/mol. The molecular weight excluding hydrogens is 592 g/mol. The molecule has 2 atom stereocenters. The SMILES string of the molecule is CC(C)(C)O/N=C/Cc1c(OC=O)ccc2nc3c(cc12)Cn1c-3cc2c(c1=O)COC(=O)C2OC(=O)C(N)Cc1ccccc1. The highest BCUT2D eigenvalue weighted by molar-refractivity contribution is 5.91. The van der Waals surface area contributed by atoms with Gasteiger partial charge in [0.25, 0.3) is 12.0 Å². The van der Waals surface area contributed by atoms with Crippen molar-refractivity contribution in [2.24, 2.45) is 10.9 Å². The molecule has 2 aromatic heterocycles. The van der Waals surface area contributed by atoms with Gasteiger partial charge in [0, 0.05) is 34.7 Å². The number of esters is 2. The van der Waals surface area contributed by atoms with E-state index in [1.807, 2.05) is 57.2 Å². The van der Waals surface area contributed by atoms with Crippen LogP contribution in [0, 0.1) is 0 Å². The van der Waals surface area contributed by atoms with Gasteiger partial charge in [-0.25, -0.2) is 9.78 Å². The highest BCUT2D eigenvalue weighted by atomic mass is 16.6. The van der Waals surface area contributed by atoms with E-state index in [1.165, 1.54) is 0 Å². The van der Waals surface area contributed by atoms with Crippen LogP contribution in [-0.2, 0) is 54.7 Å². The van der Waals surface area contributed by atoms with Crippen LogP contribution >= 0.6 is 0 Å². The van der Waals surface area contributed by atoms with E-state index in [9.17, 15) is 19.2 Å². The highest BCUT2D eigenvalue weighted by Crippen LogP contribution is 2.38. The molecule has 12 heteroatoms. The molecule has 4 heterocycles. The first-order chi connectivity index (χ1) is 22.0. The van der Waals surface area contributed by atoms with Gasteiger partial charge >= 0.3 is 11.9 Å². The molecule has 6 rings (SSSR count). The summed E-state index contributed by atoms with van der Waals surface area (Å²) in [6.45, 7) is 5.94. The monoisotopic (exact) mass is 624 g/mol. The minimum atomic E-state index is -1.45. The van der Waals surface area contributed by atoms with Gasteiger partial charge in [-0.05, 0) is 57.0 Å². The average Bonchev–Trinajstić information content (AvgIpc) is 3.38. The Labute approximate surface area is 263 Å². The minimum Gasteiger partial charge on any atom is -0.458 e. The Morgan fingerprint density at radius 1 is 1.17 bits per heavy atom. The second-order valence-electron chi connectivity index (χ2n) is 12.1. The number of carbonyl (C=O) groups is 3. The topological polar surface area (TPSA) is 161 Å². The molecule has 2 aliphatic rings. The van der Waals surface area contributed by atoms with Gasteiger partial charge in [-0.1, -0.05) is 35.5 Å². The molecule has 0 fully saturated rings. The molecule has 0 amide bonds. The van der Waals surface area contributed by atoms with E-state index < -0.39 is 29.7 Å². The number of benzene rings is 2. The summed E-state index contributed by atoms with van der Waals surface area (Å²) in [6.07, 6.45) is 0.632. The van der Waals surface area contributed by atoms with Crippen molar-refractivity contribution >= 4 is 35.5 Å². The lowest BCUT2D eigenvalue weighted by Gasteiger charge is -2.26. The van der Waals surface area contributed by atoms with Crippen molar-refractivity contribution in [2.75, 3.05) is 0 Å². The lowest BCUT2D eigenvalue weighted by Crippen LogP contribution is -2.39. The van der Waals surface area contributed by atoms with Crippen molar-refractivity contribution in [1.82, 2.24) is 9.55 Å². The van der Waals surface area contributed by atoms with Crippen LogP contribution in [0.3, 0.4) is 0 Å². The van der Waals surface area contributed by atoms with Gasteiger partial charge in [0.1, 0.15) is 24.0 Å². The van der Waals surface area contributed by atoms with Crippen molar-refractivity contribution < 1.29 is 33.4 Å². The number of oxime groups is 1. The van der Waals surface area contributed by atoms with E-state index in [1.54, 1.807) is 29.0 Å². The molecule has 12 nitrogen and oxygen atoms in total. The standard InChI is InChI=1S/C34H32N4O8/c1-34(2,3)46-36-12-11-21-22-14-20-16-38-27(29(20)37-26(22)9-10-28(21)44-18-39)15-23-24(31(38)40)17-43-33(42)30(23)45-32(41)25(35)13-19-7-5-4-6-8-19/h4-10,12,14-15,18,25,30H,11,13,16-17,35H2,1-3H3/b36-12+.